The van der Waals surface area contributed by atoms with Gasteiger partial charge in [-0.05, 0) is 41.6 Å². The lowest BCUT2D eigenvalue weighted by Crippen LogP contribution is -1.90. The zero-order valence-electron chi connectivity index (χ0n) is 8.72. The number of phenols is 1. The van der Waals surface area contributed by atoms with E-state index in [1.54, 1.807) is 42.5 Å². The molecule has 0 aromatic heterocycles. The molecule has 86 valence electrons. The molecule has 2 N–H and O–H groups in total. The summed E-state index contributed by atoms with van der Waals surface area (Å²) in [5.74, 6) is 0.176. The predicted octanol–water partition coefficient (Wildman–Crippen LogP) is 4.19. The van der Waals surface area contributed by atoms with Crippen molar-refractivity contribution < 1.29 is 5.11 Å². The van der Waals surface area contributed by atoms with Crippen molar-refractivity contribution in [3.63, 3.8) is 0 Å². The first-order chi connectivity index (χ1) is 8.20. The summed E-state index contributed by atoms with van der Waals surface area (Å²) in [4.78, 5) is 10.7. The molecule has 5 heteroatoms. The Hall–Kier alpha value is -2.07. The summed E-state index contributed by atoms with van der Waals surface area (Å²) in [6.07, 6.45) is 0. The van der Waals surface area contributed by atoms with Gasteiger partial charge in [-0.3, -0.25) is 0 Å². The van der Waals surface area contributed by atoms with Crippen LogP contribution in [0.15, 0.2) is 47.6 Å². The van der Waals surface area contributed by atoms with Gasteiger partial charge in [0.05, 0.1) is 10.7 Å². The van der Waals surface area contributed by atoms with Crippen molar-refractivity contribution in [2.45, 2.75) is 0 Å². The van der Waals surface area contributed by atoms with Crippen molar-refractivity contribution in [1.82, 2.24) is 0 Å². The fraction of sp³-hybridized carbons (Fsp3) is 0. The van der Waals surface area contributed by atoms with E-state index in [0.717, 1.165) is 5.69 Å². The third kappa shape index (κ3) is 2.54. The van der Waals surface area contributed by atoms with E-state index >= 15 is 0 Å². The topological polar surface area (TPSA) is 61.7 Å². The van der Waals surface area contributed by atoms with Gasteiger partial charge in [0.2, 0.25) is 0 Å². The average molecular weight is 249 g/mol. The lowest BCUT2D eigenvalue weighted by atomic mass is 10.2. The van der Waals surface area contributed by atoms with E-state index in [1.807, 2.05) is 0 Å². The summed E-state index contributed by atoms with van der Waals surface area (Å²) in [7, 11) is 0. The van der Waals surface area contributed by atoms with E-state index in [-0.39, 0.29) is 11.4 Å². The number of nitroso groups, excluding NO2 is 1. The Balaban J connectivity index is 2.33. The Bertz CT molecular complexity index is 541. The normalized spacial score (nSPS) is 9.94. The Morgan fingerprint density at radius 2 is 1.82 bits per heavy atom. The zero-order valence-corrected chi connectivity index (χ0v) is 9.48. The van der Waals surface area contributed by atoms with Gasteiger partial charge >= 0.3 is 0 Å². The van der Waals surface area contributed by atoms with Crippen LogP contribution < -0.4 is 5.32 Å². The number of benzene rings is 2. The van der Waals surface area contributed by atoms with Gasteiger partial charge in [0.25, 0.3) is 0 Å². The SMILES string of the molecule is O=Nc1c(Cl)cccc1Nc1ccc(O)cc1. The molecule has 0 aliphatic carbocycles. The van der Waals surface area contributed by atoms with Crippen LogP contribution in [-0.4, -0.2) is 5.11 Å². The van der Waals surface area contributed by atoms with Crippen LogP contribution in [0.2, 0.25) is 5.02 Å². The summed E-state index contributed by atoms with van der Waals surface area (Å²) >= 11 is 5.85. The second-order valence-electron chi connectivity index (χ2n) is 3.40. The van der Waals surface area contributed by atoms with Crippen molar-refractivity contribution >= 4 is 28.7 Å². The molecule has 0 unspecified atom stereocenters. The lowest BCUT2D eigenvalue weighted by molar-refractivity contribution is 0.475. The number of rotatable bonds is 3. The predicted molar refractivity (Wildman–Crippen MR) is 68.3 cm³/mol. The molecule has 0 aliphatic heterocycles. The quantitative estimate of drug-likeness (QED) is 0.632. The van der Waals surface area contributed by atoms with Crippen molar-refractivity contribution in [3.8, 4) is 5.75 Å². The van der Waals surface area contributed by atoms with Crippen molar-refractivity contribution in [3.05, 3.63) is 52.4 Å². The Kier molecular flexibility index (Phi) is 3.25. The maximum absolute atomic E-state index is 10.7. The maximum Gasteiger partial charge on any atom is 0.149 e. The third-order valence-corrected chi connectivity index (χ3v) is 2.53. The van der Waals surface area contributed by atoms with Crippen LogP contribution in [0.3, 0.4) is 0 Å². The number of nitrogens with zero attached hydrogens (tertiary/aromatic N) is 1. The van der Waals surface area contributed by atoms with Gasteiger partial charge in [0, 0.05) is 5.69 Å². The van der Waals surface area contributed by atoms with Crippen LogP contribution >= 0.6 is 11.6 Å². The lowest BCUT2D eigenvalue weighted by Gasteiger charge is -2.08. The van der Waals surface area contributed by atoms with Crippen molar-refractivity contribution in [1.29, 1.82) is 0 Å². The molecule has 4 nitrogen and oxygen atoms in total. The fourth-order valence-electron chi connectivity index (χ4n) is 1.41. The molecule has 0 radical (unpaired) electrons. The number of nitrogens with one attached hydrogen (secondary N) is 1. The van der Waals surface area contributed by atoms with Crippen molar-refractivity contribution in [2.75, 3.05) is 5.32 Å². The van der Waals surface area contributed by atoms with E-state index < -0.39 is 0 Å². The van der Waals surface area contributed by atoms with Gasteiger partial charge in [-0.1, -0.05) is 17.7 Å². The summed E-state index contributed by atoms with van der Waals surface area (Å²) in [5.41, 5.74) is 1.43. The van der Waals surface area contributed by atoms with E-state index in [2.05, 4.69) is 10.5 Å². The number of anilines is 2. The molecule has 0 aliphatic rings. The third-order valence-electron chi connectivity index (χ3n) is 2.22. The number of aromatic hydroxyl groups is 1. The number of hydrogen-bond donors (Lipinski definition) is 2. The minimum atomic E-state index is 0.169. The molecular weight excluding hydrogens is 240 g/mol. The van der Waals surface area contributed by atoms with Crippen LogP contribution in [0.25, 0.3) is 0 Å². The smallest absolute Gasteiger partial charge is 0.149 e. The molecule has 0 fully saturated rings. The van der Waals surface area contributed by atoms with E-state index in [1.165, 1.54) is 0 Å². The van der Waals surface area contributed by atoms with E-state index in [0.29, 0.717) is 10.7 Å². The highest BCUT2D eigenvalue weighted by atomic mass is 35.5. The fourth-order valence-corrected chi connectivity index (χ4v) is 1.62. The molecular formula is C12H9ClN2O2. The average Bonchev–Trinajstić information content (AvgIpc) is 2.32. The van der Waals surface area contributed by atoms with Crippen LogP contribution in [0.5, 0.6) is 5.75 Å². The van der Waals surface area contributed by atoms with E-state index in [4.69, 9.17) is 16.7 Å². The first-order valence-corrected chi connectivity index (χ1v) is 5.26. The number of halogens is 1. The molecule has 0 saturated heterocycles. The minimum absolute atomic E-state index is 0.169. The van der Waals surface area contributed by atoms with Crippen LogP contribution in [0.1, 0.15) is 0 Å². The van der Waals surface area contributed by atoms with Gasteiger partial charge in [-0.15, -0.1) is 4.91 Å². The molecule has 17 heavy (non-hydrogen) atoms. The molecule has 2 aromatic rings. The molecule has 2 aromatic carbocycles. The molecule has 0 amide bonds. The summed E-state index contributed by atoms with van der Waals surface area (Å²) in [5, 5.41) is 15.3. The van der Waals surface area contributed by atoms with Crippen molar-refractivity contribution in [2.24, 2.45) is 5.18 Å². The number of phenolic OH excluding ortho intramolecular Hbond substituents is 1. The molecule has 0 atom stereocenters. The van der Waals surface area contributed by atoms with Crippen LogP contribution in [-0.2, 0) is 0 Å². The summed E-state index contributed by atoms with van der Waals surface area (Å²) < 4.78 is 0. The molecule has 0 bridgehead atoms. The molecule has 0 spiro atoms. The van der Waals surface area contributed by atoms with Crippen LogP contribution in [0, 0.1) is 4.91 Å². The Labute approximate surface area is 103 Å². The largest absolute Gasteiger partial charge is 0.508 e. The van der Waals surface area contributed by atoms with Gasteiger partial charge < -0.3 is 10.4 Å². The molecule has 2 rings (SSSR count). The van der Waals surface area contributed by atoms with Gasteiger partial charge in [0.1, 0.15) is 11.4 Å². The highest BCUT2D eigenvalue weighted by molar-refractivity contribution is 6.33. The van der Waals surface area contributed by atoms with Gasteiger partial charge in [-0.2, -0.15) is 0 Å². The summed E-state index contributed by atoms with van der Waals surface area (Å²) in [6, 6.07) is 11.5. The molecule has 0 heterocycles. The zero-order chi connectivity index (χ0) is 12.3. The monoisotopic (exact) mass is 248 g/mol. The summed E-state index contributed by atoms with van der Waals surface area (Å²) in [6.45, 7) is 0. The second-order valence-corrected chi connectivity index (χ2v) is 3.81. The Morgan fingerprint density at radius 3 is 2.47 bits per heavy atom. The van der Waals surface area contributed by atoms with Gasteiger partial charge in [-0.25, -0.2) is 0 Å². The van der Waals surface area contributed by atoms with E-state index in [9.17, 15) is 4.91 Å². The Morgan fingerprint density at radius 1 is 1.12 bits per heavy atom. The second kappa shape index (κ2) is 4.84. The molecule has 0 saturated carbocycles. The van der Waals surface area contributed by atoms with Gasteiger partial charge in [0.15, 0.2) is 0 Å². The number of hydrogen-bond acceptors (Lipinski definition) is 4. The highest BCUT2D eigenvalue weighted by Gasteiger charge is 2.07. The minimum Gasteiger partial charge on any atom is -0.508 e. The standard InChI is InChI=1S/C12H9ClN2O2/c13-10-2-1-3-11(12(10)15-17)14-8-4-6-9(16)7-5-8/h1-7,14,16H. The highest BCUT2D eigenvalue weighted by Crippen LogP contribution is 2.34. The van der Waals surface area contributed by atoms with Crippen LogP contribution in [0.4, 0.5) is 17.1 Å². The maximum atomic E-state index is 10.7. The first kappa shape index (κ1) is 11.4. The first-order valence-electron chi connectivity index (χ1n) is 4.88.